The molecule has 0 bridgehead atoms. The van der Waals surface area contributed by atoms with Crippen LogP contribution < -0.4 is 5.32 Å². The SMILES string of the molecule is CCCn1ncnc1CNCc1ccc(C#N)cc1. The first-order valence-corrected chi connectivity index (χ1v) is 6.40. The molecule has 1 heterocycles. The number of nitrogens with zero attached hydrogens (tertiary/aromatic N) is 4. The molecular formula is C14H17N5. The molecule has 0 radical (unpaired) electrons. The van der Waals surface area contributed by atoms with E-state index in [2.05, 4.69) is 28.4 Å². The van der Waals surface area contributed by atoms with Gasteiger partial charge in [-0.25, -0.2) is 9.67 Å². The minimum atomic E-state index is 0.687. The van der Waals surface area contributed by atoms with Gasteiger partial charge in [0, 0.05) is 13.1 Å². The Bertz CT molecular complexity index is 550. The van der Waals surface area contributed by atoms with Crippen LogP contribution in [-0.4, -0.2) is 14.8 Å². The fraction of sp³-hybridized carbons (Fsp3) is 0.357. The summed E-state index contributed by atoms with van der Waals surface area (Å²) in [5, 5.41) is 16.2. The first-order valence-electron chi connectivity index (χ1n) is 6.40. The highest BCUT2D eigenvalue weighted by Crippen LogP contribution is 2.03. The van der Waals surface area contributed by atoms with Crippen LogP contribution in [-0.2, 0) is 19.6 Å². The van der Waals surface area contributed by atoms with E-state index in [1.807, 2.05) is 28.9 Å². The van der Waals surface area contributed by atoms with Crippen LogP contribution in [0.15, 0.2) is 30.6 Å². The second kappa shape index (κ2) is 6.66. The molecule has 0 amide bonds. The van der Waals surface area contributed by atoms with E-state index in [0.717, 1.165) is 30.9 Å². The molecular weight excluding hydrogens is 238 g/mol. The predicted octanol–water partition coefficient (Wildman–Crippen LogP) is 1.85. The molecule has 1 N–H and O–H groups in total. The number of hydrogen-bond acceptors (Lipinski definition) is 4. The smallest absolute Gasteiger partial charge is 0.140 e. The molecule has 0 fully saturated rings. The Kier molecular flexibility index (Phi) is 4.65. The van der Waals surface area contributed by atoms with Gasteiger partial charge in [0.1, 0.15) is 12.2 Å². The van der Waals surface area contributed by atoms with Crippen LogP contribution in [0.3, 0.4) is 0 Å². The molecule has 2 rings (SSSR count). The first-order chi connectivity index (χ1) is 9.33. The van der Waals surface area contributed by atoms with Crippen LogP contribution in [0.1, 0.15) is 30.3 Å². The maximum Gasteiger partial charge on any atom is 0.140 e. The summed E-state index contributed by atoms with van der Waals surface area (Å²) >= 11 is 0. The molecule has 2 aromatic rings. The van der Waals surface area contributed by atoms with Gasteiger partial charge in [0.05, 0.1) is 18.2 Å². The summed E-state index contributed by atoms with van der Waals surface area (Å²) in [7, 11) is 0. The van der Waals surface area contributed by atoms with Crippen LogP contribution in [0.25, 0.3) is 0 Å². The summed E-state index contributed by atoms with van der Waals surface area (Å²) < 4.78 is 1.92. The van der Waals surface area contributed by atoms with E-state index in [9.17, 15) is 0 Å². The third-order valence-electron chi connectivity index (χ3n) is 2.83. The largest absolute Gasteiger partial charge is 0.306 e. The van der Waals surface area contributed by atoms with Crippen molar-refractivity contribution in [2.24, 2.45) is 0 Å². The fourth-order valence-electron chi connectivity index (χ4n) is 1.84. The van der Waals surface area contributed by atoms with Gasteiger partial charge in [-0.1, -0.05) is 19.1 Å². The average Bonchev–Trinajstić information content (AvgIpc) is 2.88. The van der Waals surface area contributed by atoms with Crippen molar-refractivity contribution in [2.75, 3.05) is 0 Å². The Morgan fingerprint density at radius 2 is 2.05 bits per heavy atom. The summed E-state index contributed by atoms with van der Waals surface area (Å²) in [4.78, 5) is 4.24. The van der Waals surface area contributed by atoms with E-state index in [-0.39, 0.29) is 0 Å². The molecule has 0 atom stereocenters. The number of hydrogen-bond donors (Lipinski definition) is 1. The number of aryl methyl sites for hydroxylation is 1. The third kappa shape index (κ3) is 3.63. The summed E-state index contributed by atoms with van der Waals surface area (Å²) in [6, 6.07) is 9.69. The Morgan fingerprint density at radius 1 is 1.26 bits per heavy atom. The fourth-order valence-corrected chi connectivity index (χ4v) is 1.84. The molecule has 0 saturated carbocycles. The monoisotopic (exact) mass is 255 g/mol. The van der Waals surface area contributed by atoms with E-state index < -0.39 is 0 Å². The number of benzene rings is 1. The first kappa shape index (κ1) is 13.2. The number of rotatable bonds is 6. The molecule has 0 aliphatic carbocycles. The zero-order chi connectivity index (χ0) is 13.5. The zero-order valence-electron chi connectivity index (χ0n) is 11.0. The lowest BCUT2D eigenvalue weighted by Gasteiger charge is -2.06. The van der Waals surface area contributed by atoms with Crippen molar-refractivity contribution in [3.8, 4) is 6.07 Å². The molecule has 0 unspecified atom stereocenters. The van der Waals surface area contributed by atoms with Crippen molar-refractivity contribution in [2.45, 2.75) is 33.0 Å². The second-order valence-corrected chi connectivity index (χ2v) is 4.31. The molecule has 1 aromatic carbocycles. The minimum absolute atomic E-state index is 0.687. The highest BCUT2D eigenvalue weighted by Gasteiger charge is 2.02. The van der Waals surface area contributed by atoms with Gasteiger partial charge in [-0.05, 0) is 24.1 Å². The number of aromatic nitrogens is 3. The molecule has 5 nitrogen and oxygen atoms in total. The van der Waals surface area contributed by atoms with Gasteiger partial charge >= 0.3 is 0 Å². The molecule has 98 valence electrons. The van der Waals surface area contributed by atoms with E-state index in [0.29, 0.717) is 12.1 Å². The topological polar surface area (TPSA) is 66.5 Å². The lowest BCUT2D eigenvalue weighted by molar-refractivity contribution is 0.542. The van der Waals surface area contributed by atoms with Crippen molar-refractivity contribution in [1.29, 1.82) is 5.26 Å². The lowest BCUT2D eigenvalue weighted by Crippen LogP contribution is -2.17. The summed E-state index contributed by atoms with van der Waals surface area (Å²) in [6.45, 7) is 4.47. The Hall–Kier alpha value is -2.19. The molecule has 0 saturated heterocycles. The van der Waals surface area contributed by atoms with Gasteiger partial charge in [-0.3, -0.25) is 0 Å². The van der Waals surface area contributed by atoms with Crippen LogP contribution in [0.4, 0.5) is 0 Å². The highest BCUT2D eigenvalue weighted by atomic mass is 15.3. The van der Waals surface area contributed by atoms with E-state index in [4.69, 9.17) is 5.26 Å². The lowest BCUT2D eigenvalue weighted by atomic mass is 10.1. The standard InChI is InChI=1S/C14H17N5/c1-2-7-19-14(17-11-18-19)10-16-9-13-5-3-12(8-15)4-6-13/h3-6,11,16H,2,7,9-10H2,1H3. The Balaban J connectivity index is 1.85. The molecule has 1 aromatic heterocycles. The van der Waals surface area contributed by atoms with Crippen molar-refractivity contribution >= 4 is 0 Å². The molecule has 0 aliphatic heterocycles. The third-order valence-corrected chi connectivity index (χ3v) is 2.83. The van der Waals surface area contributed by atoms with Crippen LogP contribution in [0, 0.1) is 11.3 Å². The van der Waals surface area contributed by atoms with Crippen molar-refractivity contribution < 1.29 is 0 Å². The zero-order valence-corrected chi connectivity index (χ0v) is 11.0. The van der Waals surface area contributed by atoms with Gasteiger partial charge in [0.15, 0.2) is 0 Å². The number of nitrogens with one attached hydrogen (secondary N) is 1. The molecule has 0 aliphatic rings. The van der Waals surface area contributed by atoms with E-state index >= 15 is 0 Å². The van der Waals surface area contributed by atoms with Crippen LogP contribution in [0.5, 0.6) is 0 Å². The summed E-state index contributed by atoms with van der Waals surface area (Å²) in [6.07, 6.45) is 2.64. The Morgan fingerprint density at radius 3 is 2.74 bits per heavy atom. The molecule has 19 heavy (non-hydrogen) atoms. The maximum absolute atomic E-state index is 8.73. The van der Waals surface area contributed by atoms with Crippen molar-refractivity contribution in [1.82, 2.24) is 20.1 Å². The normalized spacial score (nSPS) is 10.3. The van der Waals surface area contributed by atoms with Gasteiger partial charge in [-0.2, -0.15) is 10.4 Å². The Labute approximate surface area is 112 Å². The van der Waals surface area contributed by atoms with E-state index in [1.165, 1.54) is 0 Å². The molecule has 5 heteroatoms. The summed E-state index contributed by atoms with van der Waals surface area (Å²) in [5.41, 5.74) is 1.84. The number of nitriles is 1. The second-order valence-electron chi connectivity index (χ2n) is 4.31. The summed E-state index contributed by atoms with van der Waals surface area (Å²) in [5.74, 6) is 0.954. The highest BCUT2D eigenvalue weighted by molar-refractivity contribution is 5.31. The van der Waals surface area contributed by atoms with E-state index in [1.54, 1.807) is 6.33 Å². The van der Waals surface area contributed by atoms with Gasteiger partial charge in [0.25, 0.3) is 0 Å². The average molecular weight is 255 g/mol. The van der Waals surface area contributed by atoms with Crippen LogP contribution in [0.2, 0.25) is 0 Å². The minimum Gasteiger partial charge on any atom is -0.306 e. The van der Waals surface area contributed by atoms with Gasteiger partial charge in [0.2, 0.25) is 0 Å². The van der Waals surface area contributed by atoms with Crippen molar-refractivity contribution in [3.63, 3.8) is 0 Å². The van der Waals surface area contributed by atoms with Crippen LogP contribution >= 0.6 is 0 Å². The van der Waals surface area contributed by atoms with Crippen molar-refractivity contribution in [3.05, 3.63) is 47.5 Å². The quantitative estimate of drug-likeness (QED) is 0.855. The van der Waals surface area contributed by atoms with Gasteiger partial charge < -0.3 is 5.32 Å². The van der Waals surface area contributed by atoms with Gasteiger partial charge in [-0.15, -0.1) is 0 Å². The predicted molar refractivity (Wildman–Crippen MR) is 72.0 cm³/mol. The maximum atomic E-state index is 8.73. The molecule has 0 spiro atoms.